The number of likely N-dealkylation sites (tertiary alicyclic amines) is 1. The average Bonchev–Trinajstić information content (AvgIpc) is 2.73. The number of hydrogen-bond acceptors (Lipinski definition) is 2. The van der Waals surface area contributed by atoms with Gasteiger partial charge in [-0.15, -0.1) is 0 Å². The summed E-state index contributed by atoms with van der Waals surface area (Å²) < 4.78 is 27.4. The Kier molecular flexibility index (Phi) is 3.58. The van der Waals surface area contributed by atoms with Gasteiger partial charge in [0.2, 0.25) is 0 Å². The topological polar surface area (TPSA) is 40.5 Å². The van der Waals surface area contributed by atoms with E-state index in [1.807, 2.05) is 4.90 Å². The normalized spacial score (nSPS) is 25.5. The van der Waals surface area contributed by atoms with Crippen molar-refractivity contribution in [3.63, 3.8) is 0 Å². The summed E-state index contributed by atoms with van der Waals surface area (Å²) in [6.07, 6.45) is 0.489. The highest BCUT2D eigenvalue weighted by Crippen LogP contribution is 2.36. The van der Waals surface area contributed by atoms with Gasteiger partial charge in [-0.05, 0) is 38.9 Å². The molecule has 1 fully saturated rings. The molecule has 1 aliphatic rings. The summed E-state index contributed by atoms with van der Waals surface area (Å²) >= 11 is 0. The number of carboxylic acid groups (broad SMARTS) is 1. The van der Waals surface area contributed by atoms with Crippen LogP contribution in [-0.2, 0) is 4.79 Å². The van der Waals surface area contributed by atoms with Crippen molar-refractivity contribution < 1.29 is 18.7 Å². The van der Waals surface area contributed by atoms with Crippen LogP contribution in [0.15, 0.2) is 18.2 Å². The van der Waals surface area contributed by atoms with Gasteiger partial charge >= 0.3 is 5.97 Å². The molecule has 1 saturated heterocycles. The Morgan fingerprint density at radius 3 is 2.47 bits per heavy atom. The van der Waals surface area contributed by atoms with Crippen molar-refractivity contribution in [2.45, 2.75) is 26.3 Å². The molecule has 1 heterocycles. The summed E-state index contributed by atoms with van der Waals surface area (Å²) in [4.78, 5) is 13.0. The molecule has 0 aliphatic carbocycles. The Labute approximate surface area is 110 Å². The first-order valence-corrected chi connectivity index (χ1v) is 6.26. The first kappa shape index (κ1) is 13.9. The van der Waals surface area contributed by atoms with Crippen LogP contribution < -0.4 is 0 Å². The fourth-order valence-electron chi connectivity index (χ4n) is 2.59. The van der Waals surface area contributed by atoms with E-state index in [2.05, 4.69) is 0 Å². The summed E-state index contributed by atoms with van der Waals surface area (Å²) in [6, 6.07) is 3.30. The van der Waals surface area contributed by atoms with E-state index in [1.54, 1.807) is 13.8 Å². The largest absolute Gasteiger partial charge is 0.481 e. The van der Waals surface area contributed by atoms with Gasteiger partial charge in [-0.2, -0.15) is 0 Å². The lowest BCUT2D eigenvalue weighted by Crippen LogP contribution is -2.33. The molecule has 0 radical (unpaired) electrons. The van der Waals surface area contributed by atoms with Crippen molar-refractivity contribution in [2.24, 2.45) is 5.41 Å². The molecule has 1 aromatic rings. The zero-order valence-electron chi connectivity index (χ0n) is 11.0. The average molecular weight is 269 g/mol. The highest BCUT2D eigenvalue weighted by atomic mass is 19.1. The molecule has 3 nitrogen and oxygen atoms in total. The molecule has 104 valence electrons. The SMILES string of the molecule is CC(c1c(F)cccc1F)N1CCC(C)(C(=O)O)C1. The lowest BCUT2D eigenvalue weighted by molar-refractivity contribution is -0.147. The van der Waals surface area contributed by atoms with Crippen LogP contribution in [0, 0.1) is 17.0 Å². The van der Waals surface area contributed by atoms with Gasteiger partial charge in [0, 0.05) is 18.2 Å². The van der Waals surface area contributed by atoms with Gasteiger partial charge in [0.25, 0.3) is 0 Å². The maximum Gasteiger partial charge on any atom is 0.310 e. The molecule has 2 unspecified atom stereocenters. The minimum absolute atomic E-state index is 0.0112. The van der Waals surface area contributed by atoms with Crippen LogP contribution in [0.25, 0.3) is 0 Å². The van der Waals surface area contributed by atoms with E-state index in [-0.39, 0.29) is 5.56 Å². The van der Waals surface area contributed by atoms with E-state index in [0.717, 1.165) is 0 Å². The minimum atomic E-state index is -0.865. The predicted molar refractivity (Wildman–Crippen MR) is 66.7 cm³/mol. The van der Waals surface area contributed by atoms with Crippen LogP contribution in [0.4, 0.5) is 8.78 Å². The maximum atomic E-state index is 13.7. The number of nitrogens with zero attached hydrogens (tertiary/aromatic N) is 1. The molecule has 19 heavy (non-hydrogen) atoms. The van der Waals surface area contributed by atoms with Gasteiger partial charge in [0.15, 0.2) is 0 Å². The van der Waals surface area contributed by atoms with Gasteiger partial charge in [0.05, 0.1) is 5.41 Å². The fourth-order valence-corrected chi connectivity index (χ4v) is 2.59. The number of benzene rings is 1. The van der Waals surface area contributed by atoms with Crippen molar-refractivity contribution >= 4 is 5.97 Å². The molecule has 2 atom stereocenters. The molecule has 1 aromatic carbocycles. The van der Waals surface area contributed by atoms with E-state index >= 15 is 0 Å². The summed E-state index contributed by atoms with van der Waals surface area (Å²) in [7, 11) is 0. The van der Waals surface area contributed by atoms with E-state index in [1.165, 1.54) is 18.2 Å². The standard InChI is InChI=1S/C14H17F2NO2/c1-9(12-10(15)4-3-5-11(12)16)17-7-6-14(2,8-17)13(18)19/h3-5,9H,6-8H2,1-2H3,(H,18,19). The van der Waals surface area contributed by atoms with E-state index in [4.69, 9.17) is 0 Å². The lowest BCUT2D eigenvalue weighted by atomic mass is 9.90. The molecule has 2 rings (SSSR count). The Morgan fingerprint density at radius 1 is 1.42 bits per heavy atom. The van der Waals surface area contributed by atoms with Gasteiger partial charge in [0.1, 0.15) is 11.6 Å². The molecule has 0 spiro atoms. The molecular formula is C14H17F2NO2. The van der Waals surface area contributed by atoms with Crippen LogP contribution in [-0.4, -0.2) is 29.1 Å². The number of rotatable bonds is 3. The van der Waals surface area contributed by atoms with Crippen LogP contribution in [0.2, 0.25) is 0 Å². The molecular weight excluding hydrogens is 252 g/mol. The molecule has 0 bridgehead atoms. The monoisotopic (exact) mass is 269 g/mol. The second kappa shape index (κ2) is 4.89. The third kappa shape index (κ3) is 2.47. The zero-order valence-corrected chi connectivity index (χ0v) is 11.0. The van der Waals surface area contributed by atoms with Gasteiger partial charge in [-0.25, -0.2) is 8.78 Å². The van der Waals surface area contributed by atoms with Crippen molar-refractivity contribution in [2.75, 3.05) is 13.1 Å². The summed E-state index contributed by atoms with van der Waals surface area (Å²) in [5, 5.41) is 9.18. The van der Waals surface area contributed by atoms with E-state index in [9.17, 15) is 18.7 Å². The number of carboxylic acids is 1. The number of hydrogen-bond donors (Lipinski definition) is 1. The van der Waals surface area contributed by atoms with Crippen molar-refractivity contribution in [3.05, 3.63) is 35.4 Å². The van der Waals surface area contributed by atoms with Crippen molar-refractivity contribution in [3.8, 4) is 0 Å². The summed E-state index contributed by atoms with van der Waals surface area (Å²) in [5.41, 5.74) is -0.826. The van der Waals surface area contributed by atoms with Crippen molar-refractivity contribution in [1.82, 2.24) is 4.90 Å². The smallest absolute Gasteiger partial charge is 0.310 e. The second-order valence-electron chi connectivity index (χ2n) is 5.40. The third-order valence-corrected chi connectivity index (χ3v) is 3.98. The first-order valence-electron chi connectivity index (χ1n) is 6.26. The molecule has 5 heteroatoms. The van der Waals surface area contributed by atoms with Gasteiger partial charge in [-0.3, -0.25) is 9.69 Å². The highest BCUT2D eigenvalue weighted by Gasteiger charge is 2.42. The molecule has 1 N–H and O–H groups in total. The Bertz CT molecular complexity index is 486. The third-order valence-electron chi connectivity index (χ3n) is 3.98. The van der Waals surface area contributed by atoms with Crippen molar-refractivity contribution in [1.29, 1.82) is 0 Å². The fraction of sp³-hybridized carbons (Fsp3) is 0.500. The number of carbonyl (C=O) groups is 1. The Balaban J connectivity index is 2.23. The molecule has 0 aromatic heterocycles. The van der Waals surface area contributed by atoms with Crippen LogP contribution in [0.1, 0.15) is 31.9 Å². The number of aliphatic carboxylic acids is 1. The Hall–Kier alpha value is -1.49. The second-order valence-corrected chi connectivity index (χ2v) is 5.40. The van der Waals surface area contributed by atoms with Gasteiger partial charge in [-0.1, -0.05) is 6.07 Å². The van der Waals surface area contributed by atoms with Crippen LogP contribution in [0.5, 0.6) is 0 Å². The minimum Gasteiger partial charge on any atom is -0.481 e. The van der Waals surface area contributed by atoms with Crippen LogP contribution >= 0.6 is 0 Å². The van der Waals surface area contributed by atoms with Crippen LogP contribution in [0.3, 0.4) is 0 Å². The maximum absolute atomic E-state index is 13.7. The molecule has 1 aliphatic heterocycles. The Morgan fingerprint density at radius 2 is 2.00 bits per heavy atom. The first-order chi connectivity index (χ1) is 8.85. The molecule has 0 saturated carbocycles. The zero-order chi connectivity index (χ0) is 14.2. The summed E-state index contributed by atoms with van der Waals surface area (Å²) in [6.45, 7) is 4.20. The highest BCUT2D eigenvalue weighted by molar-refractivity contribution is 5.74. The number of halogens is 2. The molecule has 0 amide bonds. The summed E-state index contributed by atoms with van der Waals surface area (Å²) in [5.74, 6) is -2.04. The predicted octanol–water partition coefficient (Wildman–Crippen LogP) is 2.82. The van der Waals surface area contributed by atoms with E-state index < -0.39 is 29.1 Å². The quantitative estimate of drug-likeness (QED) is 0.917. The lowest BCUT2D eigenvalue weighted by Gasteiger charge is -2.26. The van der Waals surface area contributed by atoms with Gasteiger partial charge < -0.3 is 5.11 Å². The van der Waals surface area contributed by atoms with E-state index in [0.29, 0.717) is 19.5 Å².